The van der Waals surface area contributed by atoms with E-state index in [1.54, 1.807) is 0 Å². The molecule has 0 aromatic carbocycles. The van der Waals surface area contributed by atoms with Crippen molar-refractivity contribution >= 4 is 17.7 Å². The van der Waals surface area contributed by atoms with Crippen molar-refractivity contribution in [1.29, 1.82) is 0 Å². The Morgan fingerprint density at radius 3 is 2.21 bits per heavy atom. The molecule has 7 heteroatoms. The Balaban J connectivity index is 3.64. The van der Waals surface area contributed by atoms with Crippen molar-refractivity contribution in [2.75, 3.05) is 13.1 Å². The molecule has 0 aromatic heterocycles. The van der Waals surface area contributed by atoms with Crippen LogP contribution in [0.4, 0.5) is 0 Å². The van der Waals surface area contributed by atoms with Crippen LogP contribution in [0.2, 0.25) is 0 Å². The fourth-order valence-electron chi connectivity index (χ4n) is 0.577. The molecule has 1 atom stereocenters. The molecule has 0 fully saturated rings. The van der Waals surface area contributed by atoms with Crippen molar-refractivity contribution in [2.45, 2.75) is 13.0 Å². The zero-order chi connectivity index (χ0) is 11.1. The van der Waals surface area contributed by atoms with Crippen LogP contribution >= 0.6 is 0 Å². The summed E-state index contributed by atoms with van der Waals surface area (Å²) in [5.41, 5.74) is 10.0. The minimum atomic E-state index is -0.668. The van der Waals surface area contributed by atoms with Crippen LogP contribution in [0, 0.1) is 0 Å². The molecule has 7 nitrogen and oxygen atoms in total. The average molecular weight is 202 g/mol. The van der Waals surface area contributed by atoms with E-state index in [4.69, 9.17) is 11.5 Å². The molecular weight excluding hydrogens is 188 g/mol. The molecule has 0 aliphatic carbocycles. The van der Waals surface area contributed by atoms with Gasteiger partial charge in [-0.2, -0.15) is 0 Å². The van der Waals surface area contributed by atoms with E-state index in [-0.39, 0.29) is 13.1 Å². The Bertz CT molecular complexity index is 239. The second-order valence-corrected chi connectivity index (χ2v) is 2.75. The smallest absolute Gasteiger partial charge is 0.239 e. The first-order chi connectivity index (χ1) is 6.43. The van der Waals surface area contributed by atoms with Crippen LogP contribution in [0.3, 0.4) is 0 Å². The number of amides is 3. The summed E-state index contributed by atoms with van der Waals surface area (Å²) in [6.45, 7) is 1.04. The number of rotatable bonds is 5. The molecule has 14 heavy (non-hydrogen) atoms. The van der Waals surface area contributed by atoms with Gasteiger partial charge in [-0.25, -0.2) is 0 Å². The van der Waals surface area contributed by atoms with Crippen LogP contribution in [0.1, 0.15) is 6.92 Å². The van der Waals surface area contributed by atoms with E-state index in [1.165, 1.54) is 6.92 Å². The first kappa shape index (κ1) is 12.4. The SMILES string of the molecule is CC(N)C(=O)NCC(=O)NCC(N)=O. The van der Waals surface area contributed by atoms with Gasteiger partial charge in [-0.15, -0.1) is 0 Å². The molecule has 0 radical (unpaired) electrons. The lowest BCUT2D eigenvalue weighted by Crippen LogP contribution is -2.44. The molecule has 0 bridgehead atoms. The molecule has 0 heterocycles. The Labute approximate surface area is 81.2 Å². The maximum Gasteiger partial charge on any atom is 0.239 e. The molecule has 0 spiro atoms. The molecule has 0 aliphatic rings. The highest BCUT2D eigenvalue weighted by molar-refractivity contribution is 5.89. The molecule has 80 valence electrons. The molecule has 3 amide bonds. The zero-order valence-corrected chi connectivity index (χ0v) is 7.87. The Morgan fingerprint density at radius 1 is 1.21 bits per heavy atom. The summed E-state index contributed by atoms with van der Waals surface area (Å²) < 4.78 is 0. The number of nitrogens with two attached hydrogens (primary N) is 2. The van der Waals surface area contributed by atoms with Gasteiger partial charge in [0.25, 0.3) is 0 Å². The largest absolute Gasteiger partial charge is 0.368 e. The number of hydrogen-bond donors (Lipinski definition) is 4. The molecule has 0 rings (SSSR count). The maximum absolute atomic E-state index is 10.9. The van der Waals surface area contributed by atoms with Gasteiger partial charge < -0.3 is 22.1 Å². The summed E-state index contributed by atoms with van der Waals surface area (Å²) in [7, 11) is 0. The first-order valence-corrected chi connectivity index (χ1v) is 4.01. The number of carbonyl (C=O) groups excluding carboxylic acids is 3. The molecular formula is C7H14N4O3. The number of carbonyl (C=O) groups is 3. The van der Waals surface area contributed by atoms with Gasteiger partial charge in [0.2, 0.25) is 17.7 Å². The van der Waals surface area contributed by atoms with Crippen molar-refractivity contribution in [1.82, 2.24) is 10.6 Å². The molecule has 0 saturated carbocycles. The van der Waals surface area contributed by atoms with Gasteiger partial charge >= 0.3 is 0 Å². The first-order valence-electron chi connectivity index (χ1n) is 4.01. The van der Waals surface area contributed by atoms with E-state index < -0.39 is 23.8 Å². The standard InChI is InChI=1S/C7H14N4O3/c1-4(8)7(14)11-3-6(13)10-2-5(9)12/h4H,2-3,8H2,1H3,(H2,9,12)(H,10,13)(H,11,14). The topological polar surface area (TPSA) is 127 Å². The van der Waals surface area contributed by atoms with Gasteiger partial charge in [0, 0.05) is 0 Å². The Kier molecular flexibility index (Phi) is 5.23. The highest BCUT2D eigenvalue weighted by atomic mass is 16.2. The predicted octanol–water partition coefficient (Wildman–Crippen LogP) is -2.95. The fraction of sp³-hybridized carbons (Fsp3) is 0.571. The molecule has 0 aliphatic heterocycles. The van der Waals surface area contributed by atoms with Crippen LogP contribution in [0.15, 0.2) is 0 Å². The van der Waals surface area contributed by atoms with E-state index in [0.29, 0.717) is 0 Å². The summed E-state index contributed by atoms with van der Waals surface area (Å²) in [5, 5.41) is 4.48. The van der Waals surface area contributed by atoms with E-state index in [0.717, 1.165) is 0 Å². The summed E-state index contributed by atoms with van der Waals surface area (Å²) in [5.74, 6) is -1.56. The van der Waals surface area contributed by atoms with Gasteiger partial charge in [-0.3, -0.25) is 14.4 Å². The lowest BCUT2D eigenvalue weighted by atomic mass is 10.3. The monoisotopic (exact) mass is 202 g/mol. The highest BCUT2D eigenvalue weighted by Crippen LogP contribution is 1.74. The number of primary amides is 1. The molecule has 0 aromatic rings. The predicted molar refractivity (Wildman–Crippen MR) is 48.9 cm³/mol. The van der Waals surface area contributed by atoms with Crippen molar-refractivity contribution < 1.29 is 14.4 Å². The van der Waals surface area contributed by atoms with Crippen molar-refractivity contribution in [2.24, 2.45) is 11.5 Å². The Morgan fingerprint density at radius 2 is 1.79 bits per heavy atom. The summed E-state index contributed by atoms with van der Waals surface area (Å²) in [6, 6.07) is -0.668. The van der Waals surface area contributed by atoms with Gasteiger partial charge in [0.05, 0.1) is 19.1 Å². The minimum absolute atomic E-state index is 0.215. The van der Waals surface area contributed by atoms with E-state index >= 15 is 0 Å². The van der Waals surface area contributed by atoms with E-state index in [1.807, 2.05) is 0 Å². The normalized spacial score (nSPS) is 11.6. The van der Waals surface area contributed by atoms with Gasteiger partial charge in [0.15, 0.2) is 0 Å². The quantitative estimate of drug-likeness (QED) is 0.380. The Hall–Kier alpha value is -1.63. The third-order valence-electron chi connectivity index (χ3n) is 1.30. The van der Waals surface area contributed by atoms with Crippen molar-refractivity contribution in [3.8, 4) is 0 Å². The van der Waals surface area contributed by atoms with E-state index in [2.05, 4.69) is 10.6 Å². The van der Waals surface area contributed by atoms with Crippen LogP contribution in [0.25, 0.3) is 0 Å². The number of hydrogen-bond acceptors (Lipinski definition) is 4. The maximum atomic E-state index is 10.9. The average Bonchev–Trinajstić information content (AvgIpc) is 2.10. The van der Waals surface area contributed by atoms with Crippen LogP contribution in [0.5, 0.6) is 0 Å². The second kappa shape index (κ2) is 5.92. The lowest BCUT2D eigenvalue weighted by molar-refractivity contribution is -0.127. The minimum Gasteiger partial charge on any atom is -0.368 e. The van der Waals surface area contributed by atoms with Crippen LogP contribution < -0.4 is 22.1 Å². The fourth-order valence-corrected chi connectivity index (χ4v) is 0.577. The van der Waals surface area contributed by atoms with Crippen molar-refractivity contribution in [3.05, 3.63) is 0 Å². The zero-order valence-electron chi connectivity index (χ0n) is 7.87. The summed E-state index contributed by atoms with van der Waals surface area (Å²) in [6.07, 6.45) is 0. The summed E-state index contributed by atoms with van der Waals surface area (Å²) >= 11 is 0. The van der Waals surface area contributed by atoms with Gasteiger partial charge in [-0.1, -0.05) is 0 Å². The molecule has 1 unspecified atom stereocenters. The van der Waals surface area contributed by atoms with Crippen LogP contribution in [-0.4, -0.2) is 36.9 Å². The third-order valence-corrected chi connectivity index (χ3v) is 1.30. The lowest BCUT2D eigenvalue weighted by Gasteiger charge is -2.07. The third kappa shape index (κ3) is 5.95. The molecule has 0 saturated heterocycles. The molecule has 6 N–H and O–H groups in total. The van der Waals surface area contributed by atoms with Gasteiger partial charge in [-0.05, 0) is 6.92 Å². The highest BCUT2D eigenvalue weighted by Gasteiger charge is 2.08. The van der Waals surface area contributed by atoms with Crippen molar-refractivity contribution in [3.63, 3.8) is 0 Å². The van der Waals surface area contributed by atoms with Crippen LogP contribution in [-0.2, 0) is 14.4 Å². The van der Waals surface area contributed by atoms with E-state index in [9.17, 15) is 14.4 Å². The van der Waals surface area contributed by atoms with Gasteiger partial charge in [0.1, 0.15) is 0 Å². The second-order valence-electron chi connectivity index (χ2n) is 2.75. The number of nitrogens with one attached hydrogen (secondary N) is 2. The summed E-state index contributed by atoms with van der Waals surface area (Å²) in [4.78, 5) is 32.0.